The predicted molar refractivity (Wildman–Crippen MR) is 113 cm³/mol. The number of likely N-dealkylation sites (tertiary alicyclic amines) is 1. The lowest BCUT2D eigenvalue weighted by atomic mass is 9.78. The third kappa shape index (κ3) is 4.04. The number of carbonyl (C=O) groups excluding carboxylic acids is 1. The molecule has 1 aromatic heterocycles. The maximum absolute atomic E-state index is 13.5. The van der Waals surface area contributed by atoms with E-state index in [0.29, 0.717) is 63.0 Å². The van der Waals surface area contributed by atoms with Gasteiger partial charge in [-0.2, -0.15) is 4.31 Å². The summed E-state index contributed by atoms with van der Waals surface area (Å²) in [6, 6.07) is 6.90. The monoisotopic (exact) mass is 442 g/mol. The summed E-state index contributed by atoms with van der Waals surface area (Å²) < 4.78 is 34.7. The topological polar surface area (TPSA) is 92.7 Å². The Bertz CT molecular complexity index is 1060. The van der Waals surface area contributed by atoms with Crippen molar-refractivity contribution in [2.45, 2.75) is 30.6 Å². The Kier molecular flexibility index (Phi) is 5.18. The Morgan fingerprint density at radius 1 is 1.16 bits per heavy atom. The summed E-state index contributed by atoms with van der Waals surface area (Å²) in [5, 5.41) is 0. The molecule has 9 heteroatoms. The maximum Gasteiger partial charge on any atom is 0.274 e. The van der Waals surface area contributed by atoms with Gasteiger partial charge in [-0.1, -0.05) is 12.1 Å². The standard InChI is InChI=1S/C22H26N4O4S/c27-21(18-13-23-9-10-24-18)25-11-7-22(8-12-25)15-26(14-17-5-6-17)31(28,29)20-4-2-1-3-19(20)30-16-22/h1-4,9-10,13,17H,5-8,11-12,14-16H2. The van der Waals surface area contributed by atoms with Gasteiger partial charge in [0.1, 0.15) is 16.3 Å². The second-order valence-electron chi connectivity index (χ2n) is 8.86. The van der Waals surface area contributed by atoms with Gasteiger partial charge in [0.05, 0.1) is 12.8 Å². The van der Waals surface area contributed by atoms with E-state index in [0.717, 1.165) is 12.8 Å². The Morgan fingerprint density at radius 3 is 2.65 bits per heavy atom. The second kappa shape index (κ2) is 7.87. The van der Waals surface area contributed by atoms with Gasteiger partial charge in [0.2, 0.25) is 10.0 Å². The number of hydrogen-bond donors (Lipinski definition) is 0. The molecule has 0 bridgehead atoms. The van der Waals surface area contributed by atoms with Gasteiger partial charge >= 0.3 is 0 Å². The quantitative estimate of drug-likeness (QED) is 0.724. The summed E-state index contributed by atoms with van der Waals surface area (Å²) in [5.74, 6) is 0.723. The van der Waals surface area contributed by atoms with Crippen LogP contribution in [0, 0.1) is 11.3 Å². The van der Waals surface area contributed by atoms with Gasteiger partial charge in [-0.3, -0.25) is 9.78 Å². The molecule has 1 aromatic carbocycles. The molecule has 1 saturated heterocycles. The number of nitrogens with zero attached hydrogens (tertiary/aromatic N) is 4. The van der Waals surface area contributed by atoms with Crippen LogP contribution < -0.4 is 4.74 Å². The molecule has 1 saturated carbocycles. The number of fused-ring (bicyclic) bond motifs is 1. The van der Waals surface area contributed by atoms with Crippen molar-refractivity contribution in [3.63, 3.8) is 0 Å². The number of benzene rings is 1. The number of rotatable bonds is 3. The molecular weight excluding hydrogens is 416 g/mol. The SMILES string of the molecule is O=C(c1cnccn1)N1CCC2(CC1)COc1ccccc1S(=O)(=O)N(CC1CC1)C2. The summed E-state index contributed by atoms with van der Waals surface area (Å²) in [6.45, 7) is 2.50. The van der Waals surface area contributed by atoms with Crippen molar-refractivity contribution in [2.75, 3.05) is 32.8 Å². The summed E-state index contributed by atoms with van der Waals surface area (Å²) in [7, 11) is -3.64. The highest BCUT2D eigenvalue weighted by atomic mass is 32.2. The van der Waals surface area contributed by atoms with Gasteiger partial charge in [0.15, 0.2) is 0 Å². The average molecular weight is 443 g/mol. The molecule has 3 heterocycles. The van der Waals surface area contributed by atoms with Crippen molar-refractivity contribution in [3.8, 4) is 5.75 Å². The lowest BCUT2D eigenvalue weighted by Crippen LogP contribution is -2.52. The van der Waals surface area contributed by atoms with E-state index >= 15 is 0 Å². The first-order valence-electron chi connectivity index (χ1n) is 10.7. The molecule has 0 radical (unpaired) electrons. The number of hydrogen-bond acceptors (Lipinski definition) is 6. The van der Waals surface area contributed by atoms with E-state index in [1.54, 1.807) is 39.7 Å². The van der Waals surface area contributed by atoms with Gasteiger partial charge in [-0.05, 0) is 43.7 Å². The van der Waals surface area contributed by atoms with Crippen LogP contribution in [0.25, 0.3) is 0 Å². The minimum atomic E-state index is -3.64. The van der Waals surface area contributed by atoms with Gasteiger partial charge in [0, 0.05) is 44.0 Å². The molecule has 164 valence electrons. The highest BCUT2D eigenvalue weighted by Gasteiger charge is 2.44. The van der Waals surface area contributed by atoms with Gasteiger partial charge < -0.3 is 9.64 Å². The lowest BCUT2D eigenvalue weighted by Gasteiger charge is -2.45. The molecule has 2 aliphatic heterocycles. The predicted octanol–water partition coefficient (Wildman–Crippen LogP) is 2.19. The van der Waals surface area contributed by atoms with Crippen LogP contribution in [-0.4, -0.2) is 66.3 Å². The molecule has 1 amide bonds. The molecular formula is C22H26N4O4S. The van der Waals surface area contributed by atoms with Gasteiger partial charge in [-0.15, -0.1) is 0 Å². The highest BCUT2D eigenvalue weighted by molar-refractivity contribution is 7.89. The molecule has 1 spiro atoms. The van der Waals surface area contributed by atoms with E-state index in [9.17, 15) is 13.2 Å². The zero-order valence-electron chi connectivity index (χ0n) is 17.3. The fourth-order valence-corrected chi connectivity index (χ4v) is 6.23. The van der Waals surface area contributed by atoms with E-state index in [2.05, 4.69) is 9.97 Å². The molecule has 31 heavy (non-hydrogen) atoms. The van der Waals surface area contributed by atoms with Crippen LogP contribution in [0.1, 0.15) is 36.2 Å². The average Bonchev–Trinajstić information content (AvgIpc) is 3.62. The van der Waals surface area contributed by atoms with Crippen molar-refractivity contribution in [2.24, 2.45) is 11.3 Å². The van der Waals surface area contributed by atoms with E-state index in [4.69, 9.17) is 4.74 Å². The van der Waals surface area contributed by atoms with Crippen molar-refractivity contribution in [3.05, 3.63) is 48.5 Å². The molecule has 1 aliphatic carbocycles. The molecule has 2 fully saturated rings. The number of ether oxygens (including phenoxy) is 1. The zero-order valence-corrected chi connectivity index (χ0v) is 18.1. The fourth-order valence-electron chi connectivity index (χ4n) is 4.47. The second-order valence-corrected chi connectivity index (χ2v) is 10.8. The fraction of sp³-hybridized carbons (Fsp3) is 0.500. The van der Waals surface area contributed by atoms with Crippen LogP contribution >= 0.6 is 0 Å². The molecule has 5 rings (SSSR count). The number of carbonyl (C=O) groups is 1. The lowest BCUT2D eigenvalue weighted by molar-refractivity contribution is 0.0293. The van der Waals surface area contributed by atoms with Gasteiger partial charge in [0.25, 0.3) is 5.91 Å². The van der Waals surface area contributed by atoms with E-state index in [1.165, 1.54) is 12.4 Å². The Balaban J connectivity index is 1.39. The molecule has 0 unspecified atom stereocenters. The Hall–Kier alpha value is -2.52. The first-order valence-corrected chi connectivity index (χ1v) is 12.2. The Morgan fingerprint density at radius 2 is 1.94 bits per heavy atom. The van der Waals surface area contributed by atoms with Crippen molar-refractivity contribution in [1.82, 2.24) is 19.2 Å². The maximum atomic E-state index is 13.5. The van der Waals surface area contributed by atoms with Crippen molar-refractivity contribution >= 4 is 15.9 Å². The van der Waals surface area contributed by atoms with E-state index in [1.807, 2.05) is 0 Å². The molecule has 2 aromatic rings. The minimum absolute atomic E-state index is 0.137. The number of sulfonamides is 1. The van der Waals surface area contributed by atoms with Crippen LogP contribution in [0.15, 0.2) is 47.8 Å². The van der Waals surface area contributed by atoms with E-state index < -0.39 is 10.0 Å². The summed E-state index contributed by atoms with van der Waals surface area (Å²) >= 11 is 0. The van der Waals surface area contributed by atoms with Crippen LogP contribution in [0.2, 0.25) is 0 Å². The smallest absolute Gasteiger partial charge is 0.274 e. The van der Waals surface area contributed by atoms with Crippen molar-refractivity contribution < 1.29 is 17.9 Å². The van der Waals surface area contributed by atoms with Crippen LogP contribution in [0.3, 0.4) is 0 Å². The Labute approximate surface area is 182 Å². The summed E-state index contributed by atoms with van der Waals surface area (Å²) in [4.78, 5) is 22.9. The zero-order chi connectivity index (χ0) is 21.5. The minimum Gasteiger partial charge on any atom is -0.492 e. The molecule has 0 N–H and O–H groups in total. The third-order valence-electron chi connectivity index (χ3n) is 6.56. The van der Waals surface area contributed by atoms with E-state index in [-0.39, 0.29) is 16.2 Å². The third-order valence-corrected chi connectivity index (χ3v) is 8.42. The van der Waals surface area contributed by atoms with Crippen LogP contribution in [0.5, 0.6) is 5.75 Å². The van der Waals surface area contributed by atoms with Crippen LogP contribution in [-0.2, 0) is 10.0 Å². The summed E-state index contributed by atoms with van der Waals surface area (Å²) in [5.41, 5.74) is 0.00786. The first-order chi connectivity index (χ1) is 15.0. The molecule has 8 nitrogen and oxygen atoms in total. The number of aromatic nitrogens is 2. The van der Waals surface area contributed by atoms with Gasteiger partial charge in [-0.25, -0.2) is 13.4 Å². The highest BCUT2D eigenvalue weighted by Crippen LogP contribution is 2.41. The van der Waals surface area contributed by atoms with Crippen LogP contribution in [0.4, 0.5) is 0 Å². The number of piperidine rings is 1. The number of para-hydroxylation sites is 1. The largest absolute Gasteiger partial charge is 0.492 e. The normalized spacial score (nSPS) is 22.8. The summed E-state index contributed by atoms with van der Waals surface area (Å²) in [6.07, 6.45) is 8.05. The van der Waals surface area contributed by atoms with Crippen molar-refractivity contribution in [1.29, 1.82) is 0 Å². The molecule has 0 atom stereocenters. The number of amides is 1. The molecule has 3 aliphatic rings. The first kappa shape index (κ1) is 20.4.